The van der Waals surface area contributed by atoms with Crippen LogP contribution in [-0.4, -0.2) is 27.5 Å². The van der Waals surface area contributed by atoms with E-state index in [4.69, 9.17) is 16.7 Å². The summed E-state index contributed by atoms with van der Waals surface area (Å²) in [6.07, 6.45) is 1.63. The summed E-state index contributed by atoms with van der Waals surface area (Å²) in [4.78, 5) is 0. The van der Waals surface area contributed by atoms with E-state index in [1.807, 2.05) is 14.0 Å². The number of hydrogen-bond acceptors (Lipinski definition) is 3. The molecule has 0 saturated heterocycles. The molecule has 0 unspecified atom stereocenters. The number of aryl methyl sites for hydroxylation is 2. The fourth-order valence-corrected chi connectivity index (χ4v) is 1.84. The molecule has 0 aliphatic carbocycles. The lowest BCUT2D eigenvalue weighted by Gasteiger charge is -2.12. The van der Waals surface area contributed by atoms with Crippen molar-refractivity contribution in [2.75, 3.05) is 6.61 Å². The molecule has 92 valence electrons. The van der Waals surface area contributed by atoms with Gasteiger partial charge < -0.3 is 10.4 Å². The largest absolute Gasteiger partial charge is 0.396 e. The SMILES string of the molecule is CCc1nn(C)c(Cl)c1CN[C@H](C)CCO. The Morgan fingerprint density at radius 3 is 2.81 bits per heavy atom. The summed E-state index contributed by atoms with van der Waals surface area (Å²) in [5.41, 5.74) is 2.10. The van der Waals surface area contributed by atoms with Gasteiger partial charge in [0.15, 0.2) is 0 Å². The first kappa shape index (κ1) is 13.5. The molecule has 0 bridgehead atoms. The van der Waals surface area contributed by atoms with Gasteiger partial charge in [-0.15, -0.1) is 0 Å². The third-order valence-corrected chi connectivity index (χ3v) is 3.15. The molecule has 2 N–H and O–H groups in total. The molecule has 0 aromatic carbocycles. The highest BCUT2D eigenvalue weighted by Crippen LogP contribution is 2.19. The molecule has 0 aliphatic heterocycles. The van der Waals surface area contributed by atoms with E-state index in [-0.39, 0.29) is 12.6 Å². The predicted molar refractivity (Wildman–Crippen MR) is 65.6 cm³/mol. The van der Waals surface area contributed by atoms with Gasteiger partial charge in [-0.1, -0.05) is 18.5 Å². The van der Waals surface area contributed by atoms with Crippen molar-refractivity contribution in [3.8, 4) is 0 Å². The Morgan fingerprint density at radius 1 is 1.56 bits per heavy atom. The molecule has 0 aliphatic rings. The fourth-order valence-electron chi connectivity index (χ4n) is 1.63. The van der Waals surface area contributed by atoms with Crippen LogP contribution < -0.4 is 5.32 Å². The van der Waals surface area contributed by atoms with Gasteiger partial charge in [0, 0.05) is 31.8 Å². The minimum Gasteiger partial charge on any atom is -0.396 e. The van der Waals surface area contributed by atoms with Gasteiger partial charge in [-0.3, -0.25) is 4.68 Å². The van der Waals surface area contributed by atoms with Crippen molar-refractivity contribution in [2.45, 2.75) is 39.3 Å². The van der Waals surface area contributed by atoms with E-state index in [1.165, 1.54) is 0 Å². The van der Waals surface area contributed by atoms with Gasteiger partial charge >= 0.3 is 0 Å². The van der Waals surface area contributed by atoms with Gasteiger partial charge in [-0.25, -0.2) is 0 Å². The van der Waals surface area contributed by atoms with E-state index in [9.17, 15) is 0 Å². The van der Waals surface area contributed by atoms with Crippen LogP contribution in [0.5, 0.6) is 0 Å². The van der Waals surface area contributed by atoms with Crippen molar-refractivity contribution >= 4 is 11.6 Å². The first-order valence-electron chi connectivity index (χ1n) is 5.64. The minimum atomic E-state index is 0.204. The summed E-state index contributed by atoms with van der Waals surface area (Å²) in [5.74, 6) is 0. The molecule has 1 aromatic rings. The van der Waals surface area contributed by atoms with Crippen LogP contribution in [0.2, 0.25) is 5.15 Å². The number of aliphatic hydroxyl groups excluding tert-OH is 1. The van der Waals surface area contributed by atoms with Gasteiger partial charge in [0.2, 0.25) is 0 Å². The van der Waals surface area contributed by atoms with E-state index in [2.05, 4.69) is 17.3 Å². The number of hydrogen-bond donors (Lipinski definition) is 2. The maximum absolute atomic E-state index is 8.81. The molecule has 0 amide bonds. The molecule has 0 saturated carbocycles. The summed E-state index contributed by atoms with van der Waals surface area (Å²) < 4.78 is 1.70. The van der Waals surface area contributed by atoms with Gasteiger partial charge in [0.25, 0.3) is 0 Å². The monoisotopic (exact) mass is 245 g/mol. The summed E-state index contributed by atoms with van der Waals surface area (Å²) in [6, 6.07) is 0.283. The van der Waals surface area contributed by atoms with E-state index in [0.29, 0.717) is 11.7 Å². The summed E-state index contributed by atoms with van der Waals surface area (Å²) in [6.45, 7) is 5.03. The highest BCUT2D eigenvalue weighted by atomic mass is 35.5. The van der Waals surface area contributed by atoms with Crippen molar-refractivity contribution in [1.29, 1.82) is 0 Å². The molecular weight excluding hydrogens is 226 g/mol. The predicted octanol–water partition coefficient (Wildman–Crippen LogP) is 1.50. The van der Waals surface area contributed by atoms with Gasteiger partial charge in [0.05, 0.1) is 5.69 Å². The minimum absolute atomic E-state index is 0.204. The Kier molecular flexibility index (Phi) is 5.25. The third kappa shape index (κ3) is 3.20. The van der Waals surface area contributed by atoms with E-state index in [0.717, 1.165) is 24.1 Å². The maximum Gasteiger partial charge on any atom is 0.131 e. The fraction of sp³-hybridized carbons (Fsp3) is 0.727. The lowest BCUT2D eigenvalue weighted by atomic mass is 10.2. The zero-order valence-electron chi connectivity index (χ0n) is 10.1. The maximum atomic E-state index is 8.81. The average Bonchev–Trinajstić information content (AvgIpc) is 2.53. The molecule has 5 heteroatoms. The number of rotatable bonds is 6. The van der Waals surface area contributed by atoms with Crippen molar-refractivity contribution < 1.29 is 5.11 Å². The number of aliphatic hydroxyl groups is 1. The molecule has 1 atom stereocenters. The number of nitrogens with one attached hydrogen (secondary N) is 1. The smallest absolute Gasteiger partial charge is 0.131 e. The van der Waals surface area contributed by atoms with Gasteiger partial charge in [-0.2, -0.15) is 5.10 Å². The Morgan fingerprint density at radius 2 is 2.25 bits per heavy atom. The second kappa shape index (κ2) is 6.23. The normalized spacial score (nSPS) is 13.1. The van der Waals surface area contributed by atoms with Crippen LogP contribution >= 0.6 is 11.6 Å². The second-order valence-electron chi connectivity index (χ2n) is 3.99. The van der Waals surface area contributed by atoms with Crippen LogP contribution in [-0.2, 0) is 20.0 Å². The Labute approximate surface area is 102 Å². The van der Waals surface area contributed by atoms with Crippen LogP contribution in [0.25, 0.3) is 0 Å². The van der Waals surface area contributed by atoms with Crippen molar-refractivity contribution in [1.82, 2.24) is 15.1 Å². The number of halogens is 1. The van der Waals surface area contributed by atoms with Crippen molar-refractivity contribution in [3.63, 3.8) is 0 Å². The Bertz CT molecular complexity index is 338. The van der Waals surface area contributed by atoms with Crippen molar-refractivity contribution in [2.24, 2.45) is 7.05 Å². The third-order valence-electron chi connectivity index (χ3n) is 2.68. The van der Waals surface area contributed by atoms with Crippen LogP contribution in [0.4, 0.5) is 0 Å². The summed E-state index contributed by atoms with van der Waals surface area (Å²) in [7, 11) is 1.85. The molecular formula is C11H20ClN3O. The van der Waals surface area contributed by atoms with Gasteiger partial charge in [0.1, 0.15) is 5.15 Å². The molecule has 1 rings (SSSR count). The highest BCUT2D eigenvalue weighted by molar-refractivity contribution is 6.30. The number of aromatic nitrogens is 2. The molecule has 16 heavy (non-hydrogen) atoms. The zero-order chi connectivity index (χ0) is 12.1. The highest BCUT2D eigenvalue weighted by Gasteiger charge is 2.13. The first-order valence-corrected chi connectivity index (χ1v) is 6.02. The molecule has 0 fully saturated rings. The lowest BCUT2D eigenvalue weighted by Crippen LogP contribution is -2.26. The molecule has 4 nitrogen and oxygen atoms in total. The van der Waals surface area contributed by atoms with Gasteiger partial charge in [-0.05, 0) is 19.8 Å². The summed E-state index contributed by atoms with van der Waals surface area (Å²) >= 11 is 6.16. The molecule has 1 aromatic heterocycles. The topological polar surface area (TPSA) is 50.1 Å². The standard InChI is InChI=1S/C11H20ClN3O/c1-4-10-9(11(12)15(3)14-10)7-13-8(2)5-6-16/h8,13,16H,4-7H2,1-3H3/t8-/m1/s1. The van der Waals surface area contributed by atoms with Crippen LogP contribution in [0.1, 0.15) is 31.5 Å². The quantitative estimate of drug-likeness (QED) is 0.799. The lowest BCUT2D eigenvalue weighted by molar-refractivity contribution is 0.268. The van der Waals surface area contributed by atoms with E-state index in [1.54, 1.807) is 4.68 Å². The molecule has 1 heterocycles. The summed E-state index contributed by atoms with van der Waals surface area (Å²) in [5, 5.41) is 17.2. The molecule has 0 radical (unpaired) electrons. The van der Waals surface area contributed by atoms with E-state index >= 15 is 0 Å². The van der Waals surface area contributed by atoms with Crippen molar-refractivity contribution in [3.05, 3.63) is 16.4 Å². The van der Waals surface area contributed by atoms with E-state index < -0.39 is 0 Å². The zero-order valence-corrected chi connectivity index (χ0v) is 10.9. The number of nitrogens with zero attached hydrogens (tertiary/aromatic N) is 2. The molecule has 0 spiro atoms. The Balaban J connectivity index is 2.65. The first-order chi connectivity index (χ1) is 7.60. The second-order valence-corrected chi connectivity index (χ2v) is 4.35. The van der Waals surface area contributed by atoms with Crippen LogP contribution in [0.3, 0.4) is 0 Å². The average molecular weight is 246 g/mol. The van der Waals surface area contributed by atoms with Crippen LogP contribution in [0, 0.1) is 0 Å². The Hall–Kier alpha value is -0.580. The van der Waals surface area contributed by atoms with Crippen LogP contribution in [0.15, 0.2) is 0 Å².